The number of nitrogens with zero attached hydrogens (tertiary/aromatic N) is 1. The number of hydrogen-bond acceptors (Lipinski definition) is 3. The van der Waals surface area contributed by atoms with Crippen LogP contribution in [0.1, 0.15) is 11.5 Å². The average Bonchev–Trinajstić information content (AvgIpc) is 2.16. The maximum Gasteiger partial charge on any atom is 0.251 e. The molecule has 0 aliphatic heterocycles. The van der Waals surface area contributed by atoms with Crippen LogP contribution in [0.3, 0.4) is 0 Å². The molecule has 0 unspecified atom stereocenters. The molecule has 6 heteroatoms. The van der Waals surface area contributed by atoms with Crippen molar-refractivity contribution < 1.29 is 4.79 Å². The molecule has 1 aromatic rings. The van der Waals surface area contributed by atoms with Crippen molar-refractivity contribution in [3.63, 3.8) is 0 Å². The molecule has 0 bridgehead atoms. The minimum atomic E-state index is -0.224. The summed E-state index contributed by atoms with van der Waals surface area (Å²) in [6.07, 6.45) is 0.521. The predicted molar refractivity (Wildman–Crippen MR) is 57.0 cm³/mol. The lowest BCUT2D eigenvalue weighted by atomic mass is 10.3. The lowest BCUT2D eigenvalue weighted by Gasteiger charge is -2.02. The van der Waals surface area contributed by atoms with Crippen LogP contribution in [0.4, 0.5) is 0 Å². The highest BCUT2D eigenvalue weighted by atomic mass is 35.5. The standard InChI is InChI=1S/C9H12ClN3O2/c1-6-12-7(4-8(14)13-6)2-3-11-9(15)5-10/h4H,2-3,5H2,1H3,(H,11,15)(H,12,13,14). The Kier molecular flexibility index (Phi) is 4.30. The van der Waals surface area contributed by atoms with Crippen LogP contribution in [-0.2, 0) is 11.2 Å². The van der Waals surface area contributed by atoms with Gasteiger partial charge in [0.25, 0.3) is 5.56 Å². The van der Waals surface area contributed by atoms with Crippen molar-refractivity contribution in [2.75, 3.05) is 12.4 Å². The van der Waals surface area contributed by atoms with Gasteiger partial charge in [0.2, 0.25) is 5.91 Å². The van der Waals surface area contributed by atoms with Crippen molar-refractivity contribution in [3.05, 3.63) is 27.9 Å². The Morgan fingerprint density at radius 1 is 1.67 bits per heavy atom. The number of alkyl halides is 1. The van der Waals surface area contributed by atoms with Crippen LogP contribution in [0, 0.1) is 6.92 Å². The molecule has 1 rings (SSSR count). The third-order valence-corrected chi connectivity index (χ3v) is 1.98. The van der Waals surface area contributed by atoms with E-state index in [1.165, 1.54) is 6.07 Å². The number of amides is 1. The van der Waals surface area contributed by atoms with E-state index in [4.69, 9.17) is 11.6 Å². The molecule has 1 heterocycles. The smallest absolute Gasteiger partial charge is 0.251 e. The number of rotatable bonds is 4. The molecular formula is C9H12ClN3O2. The molecule has 0 spiro atoms. The molecule has 0 atom stereocenters. The SMILES string of the molecule is Cc1nc(CCNC(=O)CCl)cc(=O)[nH]1. The van der Waals surface area contributed by atoms with Crippen molar-refractivity contribution in [1.82, 2.24) is 15.3 Å². The summed E-state index contributed by atoms with van der Waals surface area (Å²) in [7, 11) is 0. The van der Waals surface area contributed by atoms with Crippen LogP contribution in [0.5, 0.6) is 0 Å². The highest BCUT2D eigenvalue weighted by Crippen LogP contribution is 1.91. The molecule has 0 aromatic carbocycles. The van der Waals surface area contributed by atoms with E-state index in [9.17, 15) is 9.59 Å². The van der Waals surface area contributed by atoms with Crippen molar-refractivity contribution in [3.8, 4) is 0 Å². The second-order valence-electron chi connectivity index (χ2n) is 3.06. The van der Waals surface area contributed by atoms with Crippen molar-refractivity contribution >= 4 is 17.5 Å². The van der Waals surface area contributed by atoms with E-state index in [1.807, 2.05) is 0 Å². The van der Waals surface area contributed by atoms with E-state index in [2.05, 4.69) is 15.3 Å². The first-order valence-electron chi connectivity index (χ1n) is 4.51. The molecule has 2 N–H and O–H groups in total. The van der Waals surface area contributed by atoms with Gasteiger partial charge in [0.1, 0.15) is 11.7 Å². The van der Waals surface area contributed by atoms with Crippen LogP contribution in [0.2, 0.25) is 0 Å². The first kappa shape index (κ1) is 11.7. The van der Waals surface area contributed by atoms with E-state index in [1.54, 1.807) is 6.92 Å². The molecule has 0 saturated carbocycles. The first-order valence-corrected chi connectivity index (χ1v) is 5.05. The lowest BCUT2D eigenvalue weighted by Crippen LogP contribution is -2.27. The fourth-order valence-electron chi connectivity index (χ4n) is 1.15. The number of aryl methyl sites for hydroxylation is 1. The summed E-state index contributed by atoms with van der Waals surface area (Å²) in [6, 6.07) is 1.42. The normalized spacial score (nSPS) is 10.0. The Labute approximate surface area is 91.9 Å². The molecule has 15 heavy (non-hydrogen) atoms. The second-order valence-corrected chi connectivity index (χ2v) is 3.32. The van der Waals surface area contributed by atoms with Crippen LogP contribution >= 0.6 is 11.6 Å². The maximum absolute atomic E-state index is 11.1. The van der Waals surface area contributed by atoms with Gasteiger partial charge < -0.3 is 10.3 Å². The summed E-state index contributed by atoms with van der Waals surface area (Å²) < 4.78 is 0. The zero-order chi connectivity index (χ0) is 11.3. The average molecular weight is 230 g/mol. The summed E-state index contributed by atoms with van der Waals surface area (Å²) in [4.78, 5) is 28.5. The molecule has 0 fully saturated rings. The molecule has 0 aliphatic rings. The lowest BCUT2D eigenvalue weighted by molar-refractivity contribution is -0.118. The summed E-state index contributed by atoms with van der Waals surface area (Å²) in [6.45, 7) is 2.14. The van der Waals surface area contributed by atoms with Crippen molar-refractivity contribution in [2.24, 2.45) is 0 Å². The summed E-state index contributed by atoms with van der Waals surface area (Å²) in [5.41, 5.74) is 0.479. The maximum atomic E-state index is 11.1. The van der Waals surface area contributed by atoms with Crippen LogP contribution in [0.15, 0.2) is 10.9 Å². The van der Waals surface area contributed by atoms with E-state index in [-0.39, 0.29) is 17.3 Å². The Balaban J connectivity index is 2.51. The molecule has 0 saturated heterocycles. The van der Waals surface area contributed by atoms with Gasteiger partial charge in [0.15, 0.2) is 0 Å². The number of H-pyrrole nitrogens is 1. The number of halogens is 1. The quantitative estimate of drug-likeness (QED) is 0.713. The molecule has 0 radical (unpaired) electrons. The fourth-order valence-corrected chi connectivity index (χ4v) is 1.24. The van der Waals surface area contributed by atoms with Gasteiger partial charge in [0, 0.05) is 24.7 Å². The molecule has 82 valence electrons. The Morgan fingerprint density at radius 3 is 3.00 bits per heavy atom. The molecule has 1 amide bonds. The van der Waals surface area contributed by atoms with E-state index < -0.39 is 0 Å². The molecule has 1 aromatic heterocycles. The van der Waals surface area contributed by atoms with Gasteiger partial charge in [-0.15, -0.1) is 11.6 Å². The number of aromatic nitrogens is 2. The number of carbonyl (C=O) groups is 1. The van der Waals surface area contributed by atoms with Crippen molar-refractivity contribution in [1.29, 1.82) is 0 Å². The third kappa shape index (κ3) is 4.12. The number of carbonyl (C=O) groups excluding carboxylic acids is 1. The van der Waals surface area contributed by atoms with E-state index in [0.717, 1.165) is 0 Å². The van der Waals surface area contributed by atoms with Crippen LogP contribution < -0.4 is 10.9 Å². The van der Waals surface area contributed by atoms with E-state index in [0.29, 0.717) is 24.5 Å². The largest absolute Gasteiger partial charge is 0.355 e. The van der Waals surface area contributed by atoms with Gasteiger partial charge in [-0.2, -0.15) is 0 Å². The number of hydrogen-bond donors (Lipinski definition) is 2. The first-order chi connectivity index (χ1) is 7.11. The summed E-state index contributed by atoms with van der Waals surface area (Å²) in [5, 5.41) is 2.60. The van der Waals surface area contributed by atoms with Gasteiger partial charge in [0.05, 0.1) is 0 Å². The highest BCUT2D eigenvalue weighted by molar-refractivity contribution is 6.27. The van der Waals surface area contributed by atoms with Gasteiger partial charge in [-0.1, -0.05) is 0 Å². The van der Waals surface area contributed by atoms with Gasteiger partial charge in [-0.25, -0.2) is 4.98 Å². The van der Waals surface area contributed by atoms with Gasteiger partial charge in [-0.05, 0) is 6.92 Å². The minimum absolute atomic E-state index is 0.0537. The summed E-state index contributed by atoms with van der Waals surface area (Å²) in [5.74, 6) is 0.293. The minimum Gasteiger partial charge on any atom is -0.355 e. The molecule has 5 nitrogen and oxygen atoms in total. The zero-order valence-electron chi connectivity index (χ0n) is 8.34. The summed E-state index contributed by atoms with van der Waals surface area (Å²) >= 11 is 5.30. The Bertz CT molecular complexity index is 403. The highest BCUT2D eigenvalue weighted by Gasteiger charge is 2.00. The van der Waals surface area contributed by atoms with Crippen LogP contribution in [-0.4, -0.2) is 28.3 Å². The van der Waals surface area contributed by atoms with Gasteiger partial charge >= 0.3 is 0 Å². The van der Waals surface area contributed by atoms with Crippen LogP contribution in [0.25, 0.3) is 0 Å². The monoisotopic (exact) mass is 229 g/mol. The van der Waals surface area contributed by atoms with E-state index >= 15 is 0 Å². The second kappa shape index (κ2) is 5.50. The Morgan fingerprint density at radius 2 is 2.40 bits per heavy atom. The topological polar surface area (TPSA) is 74.8 Å². The Hall–Kier alpha value is -1.36. The third-order valence-electron chi connectivity index (χ3n) is 1.74. The number of aromatic amines is 1. The predicted octanol–water partition coefficient (Wildman–Crippen LogP) is -0.0242. The van der Waals surface area contributed by atoms with Crippen molar-refractivity contribution in [2.45, 2.75) is 13.3 Å². The van der Waals surface area contributed by atoms with Gasteiger partial charge in [-0.3, -0.25) is 9.59 Å². The molecular weight excluding hydrogens is 218 g/mol. The zero-order valence-corrected chi connectivity index (χ0v) is 9.10. The number of nitrogens with one attached hydrogen (secondary N) is 2. The fraction of sp³-hybridized carbons (Fsp3) is 0.444. The molecule has 0 aliphatic carbocycles.